The van der Waals surface area contributed by atoms with Crippen LogP contribution in [-0.4, -0.2) is 26.4 Å². The number of carbonyl (C=O) groups excluding carboxylic acids is 1. The molecule has 0 saturated heterocycles. The van der Waals surface area contributed by atoms with E-state index in [1.807, 2.05) is 60.7 Å². The van der Waals surface area contributed by atoms with Crippen LogP contribution in [0.2, 0.25) is 0 Å². The molecule has 180 valence electrons. The maximum Gasteiger partial charge on any atom is 0.435 e. The number of carbonyl (C=O) groups is 1. The van der Waals surface area contributed by atoms with Gasteiger partial charge in [-0.25, -0.2) is 5.01 Å². The summed E-state index contributed by atoms with van der Waals surface area (Å²) in [6.45, 7) is 1.20. The molecular formula is C27H25F3N4O. The van der Waals surface area contributed by atoms with E-state index in [9.17, 15) is 18.0 Å². The minimum Gasteiger partial charge on any atom is -0.271 e. The number of hydrogen-bond acceptors (Lipinski definition) is 3. The van der Waals surface area contributed by atoms with Gasteiger partial charge in [0.25, 0.3) is 5.91 Å². The highest BCUT2D eigenvalue weighted by molar-refractivity contribution is 6.08. The summed E-state index contributed by atoms with van der Waals surface area (Å²) < 4.78 is 40.5. The molecule has 3 aromatic rings. The van der Waals surface area contributed by atoms with E-state index < -0.39 is 11.9 Å². The normalized spacial score (nSPS) is 21.2. The first-order valence-corrected chi connectivity index (χ1v) is 11.6. The maximum atomic E-state index is 13.5. The van der Waals surface area contributed by atoms with Gasteiger partial charge < -0.3 is 0 Å². The highest BCUT2D eigenvalue weighted by Crippen LogP contribution is 2.44. The topological polar surface area (TPSA) is 50.5 Å². The zero-order valence-corrected chi connectivity index (χ0v) is 19.2. The van der Waals surface area contributed by atoms with Crippen molar-refractivity contribution in [3.63, 3.8) is 0 Å². The highest BCUT2D eigenvalue weighted by atomic mass is 19.4. The SMILES string of the molecule is Cc1cc(C(F)(F)F)nn1CC(=O)N1N=C2/C(=C/c3ccccc3)CCC[C@H]2[C@H]1c1ccccc1. The molecule has 1 saturated carbocycles. The fourth-order valence-electron chi connectivity index (χ4n) is 4.95. The molecule has 2 atom stereocenters. The number of allylic oxidation sites excluding steroid dienone is 1. The monoisotopic (exact) mass is 478 g/mol. The fraction of sp³-hybridized carbons (Fsp3) is 0.296. The van der Waals surface area contributed by atoms with Crippen LogP contribution in [0, 0.1) is 12.8 Å². The minimum absolute atomic E-state index is 0.0227. The molecule has 0 spiro atoms. The largest absolute Gasteiger partial charge is 0.435 e. The molecule has 5 rings (SSSR count). The third-order valence-corrected chi connectivity index (χ3v) is 6.60. The molecule has 2 heterocycles. The molecule has 0 bridgehead atoms. The number of halogens is 3. The third kappa shape index (κ3) is 4.65. The van der Waals surface area contributed by atoms with Gasteiger partial charge >= 0.3 is 6.18 Å². The predicted molar refractivity (Wildman–Crippen MR) is 127 cm³/mol. The second-order valence-electron chi connectivity index (χ2n) is 8.98. The van der Waals surface area contributed by atoms with Gasteiger partial charge in [0.05, 0.1) is 11.8 Å². The molecule has 8 heteroatoms. The molecule has 2 aromatic carbocycles. The lowest BCUT2D eigenvalue weighted by molar-refractivity contribution is -0.142. The van der Waals surface area contributed by atoms with Crippen molar-refractivity contribution in [3.05, 3.63) is 94.8 Å². The summed E-state index contributed by atoms with van der Waals surface area (Å²) >= 11 is 0. The average Bonchev–Trinajstić information content (AvgIpc) is 3.42. The van der Waals surface area contributed by atoms with Crippen molar-refractivity contribution in [3.8, 4) is 0 Å². The van der Waals surface area contributed by atoms with Crippen LogP contribution in [0.5, 0.6) is 0 Å². The van der Waals surface area contributed by atoms with Crippen molar-refractivity contribution in [1.82, 2.24) is 14.8 Å². The quantitative estimate of drug-likeness (QED) is 0.460. The smallest absolute Gasteiger partial charge is 0.271 e. The first-order valence-electron chi connectivity index (χ1n) is 11.6. The van der Waals surface area contributed by atoms with Gasteiger partial charge in [-0.15, -0.1) is 0 Å². The molecule has 0 radical (unpaired) electrons. The summed E-state index contributed by atoms with van der Waals surface area (Å²) in [5.74, 6) is -0.366. The van der Waals surface area contributed by atoms with Crippen LogP contribution in [0.25, 0.3) is 6.08 Å². The fourth-order valence-corrected chi connectivity index (χ4v) is 4.95. The van der Waals surface area contributed by atoms with Crippen molar-refractivity contribution in [2.75, 3.05) is 0 Å². The lowest BCUT2D eigenvalue weighted by atomic mass is 9.77. The number of hydrazone groups is 1. The average molecular weight is 479 g/mol. The number of aryl methyl sites for hydroxylation is 1. The maximum absolute atomic E-state index is 13.5. The summed E-state index contributed by atoms with van der Waals surface area (Å²) in [6.07, 6.45) is 0.273. The van der Waals surface area contributed by atoms with Crippen LogP contribution in [0.15, 0.2) is 77.4 Å². The number of rotatable bonds is 4. The highest BCUT2D eigenvalue weighted by Gasteiger charge is 2.44. The molecule has 1 fully saturated rings. The van der Waals surface area contributed by atoms with Gasteiger partial charge in [0.1, 0.15) is 6.54 Å². The number of alkyl halides is 3. The Bertz CT molecular complexity index is 1280. The van der Waals surface area contributed by atoms with E-state index in [1.54, 1.807) is 0 Å². The van der Waals surface area contributed by atoms with Crippen molar-refractivity contribution < 1.29 is 18.0 Å². The third-order valence-electron chi connectivity index (χ3n) is 6.60. The lowest BCUT2D eigenvalue weighted by Crippen LogP contribution is -2.34. The van der Waals surface area contributed by atoms with Crippen LogP contribution in [0.3, 0.4) is 0 Å². The van der Waals surface area contributed by atoms with E-state index in [1.165, 1.54) is 11.9 Å². The number of aromatic nitrogens is 2. The minimum atomic E-state index is -4.56. The Balaban J connectivity index is 1.50. The Labute approximate surface area is 201 Å². The lowest BCUT2D eigenvalue weighted by Gasteiger charge is -2.29. The Hall–Kier alpha value is -3.68. The van der Waals surface area contributed by atoms with Crippen LogP contribution >= 0.6 is 0 Å². The number of hydrogen-bond donors (Lipinski definition) is 0. The molecule has 35 heavy (non-hydrogen) atoms. The molecule has 0 N–H and O–H groups in total. The van der Waals surface area contributed by atoms with Crippen LogP contribution in [0.1, 0.15) is 47.8 Å². The summed E-state index contributed by atoms with van der Waals surface area (Å²) in [4.78, 5) is 13.5. The molecule has 0 unspecified atom stereocenters. The molecule has 5 nitrogen and oxygen atoms in total. The second-order valence-corrected chi connectivity index (χ2v) is 8.98. The number of nitrogens with zero attached hydrogens (tertiary/aromatic N) is 4. The van der Waals surface area contributed by atoms with Gasteiger partial charge in [-0.1, -0.05) is 60.7 Å². The molecule has 1 amide bonds. The van der Waals surface area contributed by atoms with E-state index in [0.717, 1.165) is 52.4 Å². The standard InChI is InChI=1S/C27H25F3N4O/c1-18-15-23(27(28,29)30)31-33(18)17-24(35)34-26(20-11-6-3-7-12-20)22-14-8-13-21(25(22)32-34)16-19-9-4-2-5-10-19/h2-7,9-12,15-16,22,26H,8,13-14,17H2,1H3/b21-16+/t22-,26-/m1/s1. The number of amides is 1. The van der Waals surface area contributed by atoms with Gasteiger partial charge in [-0.3, -0.25) is 9.48 Å². The van der Waals surface area contributed by atoms with Crippen molar-refractivity contribution in [1.29, 1.82) is 0 Å². The van der Waals surface area contributed by atoms with Crippen LogP contribution < -0.4 is 0 Å². The summed E-state index contributed by atoms with van der Waals surface area (Å²) in [5.41, 5.74) is 3.28. The Kier molecular flexibility index (Phi) is 6.05. The zero-order valence-electron chi connectivity index (χ0n) is 19.2. The Morgan fingerprint density at radius 1 is 1.09 bits per heavy atom. The van der Waals surface area contributed by atoms with Gasteiger partial charge in [0.15, 0.2) is 5.69 Å². The van der Waals surface area contributed by atoms with Crippen molar-refractivity contribution in [2.24, 2.45) is 11.0 Å². The van der Waals surface area contributed by atoms with E-state index >= 15 is 0 Å². The number of fused-ring (bicyclic) bond motifs is 1. The predicted octanol–water partition coefficient (Wildman–Crippen LogP) is 6.03. The van der Waals surface area contributed by atoms with E-state index in [-0.39, 0.29) is 30.1 Å². The molecule has 1 aliphatic heterocycles. The Morgan fingerprint density at radius 2 is 1.77 bits per heavy atom. The van der Waals surface area contributed by atoms with Crippen LogP contribution in [-0.2, 0) is 17.5 Å². The summed E-state index contributed by atoms with van der Waals surface area (Å²) in [6, 6.07) is 20.3. The summed E-state index contributed by atoms with van der Waals surface area (Å²) in [5, 5.41) is 9.90. The van der Waals surface area contributed by atoms with Crippen molar-refractivity contribution in [2.45, 2.75) is 44.9 Å². The number of benzene rings is 2. The first kappa shape index (κ1) is 23.1. The van der Waals surface area contributed by atoms with E-state index in [2.05, 4.69) is 11.2 Å². The molecular weight excluding hydrogens is 453 g/mol. The van der Waals surface area contributed by atoms with E-state index in [0.29, 0.717) is 0 Å². The Morgan fingerprint density at radius 3 is 2.43 bits per heavy atom. The van der Waals surface area contributed by atoms with Gasteiger partial charge in [0.2, 0.25) is 0 Å². The molecule has 1 aromatic heterocycles. The molecule has 2 aliphatic rings. The van der Waals surface area contributed by atoms with Crippen LogP contribution in [0.4, 0.5) is 13.2 Å². The van der Waals surface area contributed by atoms with Gasteiger partial charge in [0, 0.05) is 11.6 Å². The van der Waals surface area contributed by atoms with Gasteiger partial charge in [-0.2, -0.15) is 23.4 Å². The van der Waals surface area contributed by atoms with Crippen molar-refractivity contribution >= 4 is 17.7 Å². The summed E-state index contributed by atoms with van der Waals surface area (Å²) in [7, 11) is 0. The first-order chi connectivity index (χ1) is 16.8. The zero-order chi connectivity index (χ0) is 24.6. The van der Waals surface area contributed by atoms with E-state index in [4.69, 9.17) is 5.10 Å². The molecule has 1 aliphatic carbocycles. The van der Waals surface area contributed by atoms with Gasteiger partial charge in [-0.05, 0) is 55.0 Å². The second kappa shape index (κ2) is 9.17.